The van der Waals surface area contributed by atoms with Crippen LogP contribution in [0, 0.1) is 6.92 Å². The van der Waals surface area contributed by atoms with Crippen molar-refractivity contribution in [3.63, 3.8) is 0 Å². The number of aryl methyl sites for hydroxylation is 1. The quantitative estimate of drug-likeness (QED) is 0.809. The van der Waals surface area contributed by atoms with Gasteiger partial charge in [-0.15, -0.1) is 0 Å². The van der Waals surface area contributed by atoms with Gasteiger partial charge in [0.05, 0.1) is 13.2 Å². The fourth-order valence-corrected chi connectivity index (χ4v) is 2.05. The fourth-order valence-electron chi connectivity index (χ4n) is 2.05. The molecule has 0 fully saturated rings. The maximum absolute atomic E-state index is 11.9. The standard InChI is InChI=1S/C19H23NO4/c1-14-7-9-16(10-8-14)23-12-15(2)20-19(21)13-24-18-6-4-5-17(11-18)22-3/h4-11,15H,12-13H2,1-3H3,(H,20,21). The summed E-state index contributed by atoms with van der Waals surface area (Å²) in [4.78, 5) is 11.9. The van der Waals surface area contributed by atoms with E-state index >= 15 is 0 Å². The summed E-state index contributed by atoms with van der Waals surface area (Å²) in [5, 5.41) is 2.84. The molecule has 5 nitrogen and oxygen atoms in total. The maximum Gasteiger partial charge on any atom is 0.258 e. The lowest BCUT2D eigenvalue weighted by Crippen LogP contribution is -2.39. The Morgan fingerprint density at radius 3 is 2.46 bits per heavy atom. The molecule has 0 aromatic heterocycles. The van der Waals surface area contributed by atoms with Crippen molar-refractivity contribution in [3.8, 4) is 17.2 Å². The number of hydrogen-bond donors (Lipinski definition) is 1. The molecule has 0 aliphatic rings. The molecule has 1 atom stereocenters. The van der Waals surface area contributed by atoms with Gasteiger partial charge in [-0.05, 0) is 38.1 Å². The molecule has 128 valence electrons. The number of amides is 1. The molecule has 0 saturated carbocycles. The smallest absolute Gasteiger partial charge is 0.258 e. The first-order valence-corrected chi connectivity index (χ1v) is 7.82. The Hall–Kier alpha value is -2.69. The lowest BCUT2D eigenvalue weighted by Gasteiger charge is -2.15. The number of rotatable bonds is 8. The second kappa shape index (κ2) is 8.82. The van der Waals surface area contributed by atoms with Crippen LogP contribution in [0.15, 0.2) is 48.5 Å². The highest BCUT2D eigenvalue weighted by atomic mass is 16.5. The van der Waals surface area contributed by atoms with E-state index in [1.54, 1.807) is 19.2 Å². The normalized spacial score (nSPS) is 11.5. The summed E-state index contributed by atoms with van der Waals surface area (Å²) in [6.45, 7) is 4.25. The van der Waals surface area contributed by atoms with Crippen molar-refractivity contribution in [2.75, 3.05) is 20.3 Å². The van der Waals surface area contributed by atoms with Gasteiger partial charge in [-0.3, -0.25) is 4.79 Å². The van der Waals surface area contributed by atoms with E-state index < -0.39 is 0 Å². The third-order valence-electron chi connectivity index (χ3n) is 3.34. The van der Waals surface area contributed by atoms with Crippen molar-refractivity contribution in [1.82, 2.24) is 5.32 Å². The second-order valence-electron chi connectivity index (χ2n) is 5.56. The molecule has 0 saturated heterocycles. The first-order chi connectivity index (χ1) is 11.6. The monoisotopic (exact) mass is 329 g/mol. The average molecular weight is 329 g/mol. The van der Waals surface area contributed by atoms with E-state index in [-0.39, 0.29) is 18.6 Å². The Morgan fingerprint density at radius 1 is 1.04 bits per heavy atom. The van der Waals surface area contributed by atoms with Crippen molar-refractivity contribution in [2.24, 2.45) is 0 Å². The molecule has 1 unspecified atom stereocenters. The molecule has 0 heterocycles. The highest BCUT2D eigenvalue weighted by Crippen LogP contribution is 2.18. The van der Waals surface area contributed by atoms with Gasteiger partial charge in [-0.2, -0.15) is 0 Å². The summed E-state index contributed by atoms with van der Waals surface area (Å²) in [6.07, 6.45) is 0. The molecule has 24 heavy (non-hydrogen) atoms. The van der Waals surface area contributed by atoms with E-state index in [0.29, 0.717) is 18.1 Å². The minimum atomic E-state index is -0.196. The molecular weight excluding hydrogens is 306 g/mol. The number of carbonyl (C=O) groups excluding carboxylic acids is 1. The van der Waals surface area contributed by atoms with Gasteiger partial charge in [0.25, 0.3) is 5.91 Å². The summed E-state index contributed by atoms with van der Waals surface area (Å²) in [5.41, 5.74) is 1.18. The molecule has 0 radical (unpaired) electrons. The molecule has 0 bridgehead atoms. The molecule has 0 spiro atoms. The molecule has 1 amide bonds. The Kier molecular flexibility index (Phi) is 6.49. The van der Waals surface area contributed by atoms with Crippen LogP contribution in [0.4, 0.5) is 0 Å². The van der Waals surface area contributed by atoms with Crippen molar-refractivity contribution < 1.29 is 19.0 Å². The van der Waals surface area contributed by atoms with E-state index in [0.717, 1.165) is 5.75 Å². The molecular formula is C19H23NO4. The van der Waals surface area contributed by atoms with Gasteiger partial charge in [0.1, 0.15) is 23.9 Å². The van der Waals surface area contributed by atoms with Crippen LogP contribution in [0.1, 0.15) is 12.5 Å². The zero-order valence-corrected chi connectivity index (χ0v) is 14.2. The number of carbonyl (C=O) groups is 1. The summed E-state index contributed by atoms with van der Waals surface area (Å²) in [7, 11) is 1.58. The van der Waals surface area contributed by atoms with E-state index in [4.69, 9.17) is 14.2 Å². The van der Waals surface area contributed by atoms with Gasteiger partial charge < -0.3 is 19.5 Å². The van der Waals surface area contributed by atoms with Gasteiger partial charge >= 0.3 is 0 Å². The highest BCUT2D eigenvalue weighted by molar-refractivity contribution is 5.77. The van der Waals surface area contributed by atoms with Crippen LogP contribution in [0.3, 0.4) is 0 Å². The van der Waals surface area contributed by atoms with Gasteiger partial charge in [0, 0.05) is 6.07 Å². The zero-order chi connectivity index (χ0) is 17.4. The number of hydrogen-bond acceptors (Lipinski definition) is 4. The Bertz CT molecular complexity index is 655. The van der Waals surface area contributed by atoms with E-state index in [2.05, 4.69) is 5.32 Å². The lowest BCUT2D eigenvalue weighted by atomic mass is 10.2. The van der Waals surface area contributed by atoms with Crippen molar-refractivity contribution in [2.45, 2.75) is 19.9 Å². The minimum absolute atomic E-state index is 0.0535. The van der Waals surface area contributed by atoms with Gasteiger partial charge in [-0.25, -0.2) is 0 Å². The highest BCUT2D eigenvalue weighted by Gasteiger charge is 2.09. The van der Waals surface area contributed by atoms with Crippen LogP contribution in [-0.4, -0.2) is 32.3 Å². The van der Waals surface area contributed by atoms with E-state index in [1.807, 2.05) is 50.2 Å². The van der Waals surface area contributed by atoms with Gasteiger partial charge in [-0.1, -0.05) is 23.8 Å². The topological polar surface area (TPSA) is 56.8 Å². The molecule has 5 heteroatoms. The Morgan fingerprint density at radius 2 is 1.75 bits per heavy atom. The van der Waals surface area contributed by atoms with Crippen LogP contribution >= 0.6 is 0 Å². The summed E-state index contributed by atoms with van der Waals surface area (Å²) in [5.74, 6) is 1.87. The fraction of sp³-hybridized carbons (Fsp3) is 0.316. The average Bonchev–Trinajstić information content (AvgIpc) is 2.59. The molecule has 1 N–H and O–H groups in total. The van der Waals surface area contributed by atoms with Crippen molar-refractivity contribution >= 4 is 5.91 Å². The predicted octanol–water partition coefficient (Wildman–Crippen LogP) is 2.97. The SMILES string of the molecule is COc1cccc(OCC(=O)NC(C)COc2ccc(C)cc2)c1. The van der Waals surface area contributed by atoms with Crippen molar-refractivity contribution in [1.29, 1.82) is 0 Å². The Balaban J connectivity index is 1.71. The largest absolute Gasteiger partial charge is 0.497 e. The molecule has 0 aliphatic heterocycles. The predicted molar refractivity (Wildman–Crippen MR) is 92.8 cm³/mol. The van der Waals surface area contributed by atoms with E-state index in [1.165, 1.54) is 5.56 Å². The van der Waals surface area contributed by atoms with Crippen LogP contribution in [-0.2, 0) is 4.79 Å². The van der Waals surface area contributed by atoms with Crippen LogP contribution in [0.2, 0.25) is 0 Å². The number of ether oxygens (including phenoxy) is 3. The third-order valence-corrected chi connectivity index (χ3v) is 3.34. The number of nitrogens with one attached hydrogen (secondary N) is 1. The second-order valence-corrected chi connectivity index (χ2v) is 5.56. The molecule has 2 rings (SSSR count). The summed E-state index contributed by atoms with van der Waals surface area (Å²) < 4.78 is 16.2. The molecule has 2 aromatic rings. The van der Waals surface area contributed by atoms with Crippen LogP contribution in [0.25, 0.3) is 0 Å². The summed E-state index contributed by atoms with van der Waals surface area (Å²) in [6, 6.07) is 14.8. The first-order valence-electron chi connectivity index (χ1n) is 7.82. The van der Waals surface area contributed by atoms with Gasteiger partial charge in [0.15, 0.2) is 6.61 Å². The van der Waals surface area contributed by atoms with Gasteiger partial charge in [0.2, 0.25) is 0 Å². The lowest BCUT2D eigenvalue weighted by molar-refractivity contribution is -0.123. The molecule has 0 aliphatic carbocycles. The summed E-state index contributed by atoms with van der Waals surface area (Å²) >= 11 is 0. The minimum Gasteiger partial charge on any atom is -0.497 e. The third kappa shape index (κ3) is 5.83. The van der Waals surface area contributed by atoms with Crippen LogP contribution in [0.5, 0.6) is 17.2 Å². The van der Waals surface area contributed by atoms with E-state index in [9.17, 15) is 4.79 Å². The molecule has 2 aromatic carbocycles. The first kappa shape index (κ1) is 17.7. The van der Waals surface area contributed by atoms with Crippen LogP contribution < -0.4 is 19.5 Å². The van der Waals surface area contributed by atoms with Crippen molar-refractivity contribution in [3.05, 3.63) is 54.1 Å². The number of methoxy groups -OCH3 is 1. The number of benzene rings is 2. The zero-order valence-electron chi connectivity index (χ0n) is 14.2. The Labute approximate surface area is 142 Å². The maximum atomic E-state index is 11.9.